The van der Waals surface area contributed by atoms with Crippen LogP contribution in [0.4, 0.5) is 0 Å². The summed E-state index contributed by atoms with van der Waals surface area (Å²) in [6.45, 7) is 1.05. The summed E-state index contributed by atoms with van der Waals surface area (Å²) in [7, 11) is 0. The van der Waals surface area contributed by atoms with E-state index in [1.54, 1.807) is 0 Å². The quantitative estimate of drug-likeness (QED) is 0.794. The van der Waals surface area contributed by atoms with Crippen molar-refractivity contribution in [2.75, 3.05) is 6.54 Å². The molecule has 0 radical (unpaired) electrons. The molecule has 0 saturated heterocycles. The topological polar surface area (TPSA) is 51.0 Å². The summed E-state index contributed by atoms with van der Waals surface area (Å²) in [5.74, 6) is 2.62. The summed E-state index contributed by atoms with van der Waals surface area (Å²) < 4.78 is 5.83. The van der Waals surface area contributed by atoms with Crippen molar-refractivity contribution < 1.29 is 4.42 Å². The van der Waals surface area contributed by atoms with Crippen LogP contribution in [0.5, 0.6) is 0 Å². The molecular formula is C17H21N3O. The first-order chi connectivity index (χ1) is 10.4. The molecule has 0 aliphatic heterocycles. The molecule has 2 aromatic rings. The lowest BCUT2D eigenvalue weighted by atomic mass is 10.1. The first-order valence-electron chi connectivity index (χ1n) is 8.01. The van der Waals surface area contributed by atoms with E-state index in [4.69, 9.17) is 4.42 Å². The van der Waals surface area contributed by atoms with Crippen molar-refractivity contribution in [3.8, 4) is 0 Å². The van der Waals surface area contributed by atoms with E-state index < -0.39 is 0 Å². The molecule has 1 aromatic heterocycles. The zero-order valence-electron chi connectivity index (χ0n) is 12.2. The molecule has 2 atom stereocenters. The Balaban J connectivity index is 1.29. The molecule has 1 N–H and O–H groups in total. The van der Waals surface area contributed by atoms with E-state index in [1.807, 2.05) is 0 Å². The van der Waals surface area contributed by atoms with Gasteiger partial charge in [-0.1, -0.05) is 30.3 Å². The van der Waals surface area contributed by atoms with Gasteiger partial charge >= 0.3 is 0 Å². The lowest BCUT2D eigenvalue weighted by molar-refractivity contribution is 0.441. The molecule has 2 unspecified atom stereocenters. The van der Waals surface area contributed by atoms with Crippen molar-refractivity contribution in [2.45, 2.75) is 50.0 Å². The Hall–Kier alpha value is -1.68. The van der Waals surface area contributed by atoms with Crippen molar-refractivity contribution in [3.63, 3.8) is 0 Å². The second-order valence-electron chi connectivity index (χ2n) is 6.23. The molecule has 2 saturated carbocycles. The van der Waals surface area contributed by atoms with E-state index in [0.29, 0.717) is 11.8 Å². The van der Waals surface area contributed by atoms with Gasteiger partial charge < -0.3 is 9.73 Å². The maximum absolute atomic E-state index is 5.83. The van der Waals surface area contributed by atoms with E-state index in [1.165, 1.54) is 18.4 Å². The summed E-state index contributed by atoms with van der Waals surface area (Å²) in [5.41, 5.74) is 1.39. The number of benzene rings is 1. The minimum Gasteiger partial charge on any atom is -0.425 e. The van der Waals surface area contributed by atoms with Gasteiger partial charge in [0.05, 0.1) is 0 Å². The average Bonchev–Trinajstić information content (AvgIpc) is 3.44. The molecular weight excluding hydrogens is 262 g/mol. The normalized spacial score (nSPS) is 24.2. The van der Waals surface area contributed by atoms with Gasteiger partial charge in [-0.3, -0.25) is 0 Å². The molecule has 2 aliphatic carbocycles. The number of hydrogen-bond donors (Lipinski definition) is 1. The second-order valence-corrected chi connectivity index (χ2v) is 6.23. The summed E-state index contributed by atoms with van der Waals surface area (Å²) in [4.78, 5) is 0. The van der Waals surface area contributed by atoms with Gasteiger partial charge in [0.1, 0.15) is 0 Å². The number of aryl methyl sites for hydroxylation is 1. The highest BCUT2D eigenvalue weighted by Gasteiger charge is 2.43. The van der Waals surface area contributed by atoms with E-state index in [9.17, 15) is 0 Å². The summed E-state index contributed by atoms with van der Waals surface area (Å²) in [5, 5.41) is 11.9. The summed E-state index contributed by atoms with van der Waals surface area (Å²) in [6, 6.07) is 11.4. The van der Waals surface area contributed by atoms with E-state index in [-0.39, 0.29) is 0 Å². The molecule has 110 valence electrons. The molecule has 0 bridgehead atoms. The molecule has 0 spiro atoms. The van der Waals surface area contributed by atoms with Crippen molar-refractivity contribution in [2.24, 2.45) is 0 Å². The van der Waals surface area contributed by atoms with Crippen LogP contribution in [0.25, 0.3) is 0 Å². The van der Waals surface area contributed by atoms with Crippen LogP contribution in [0.2, 0.25) is 0 Å². The van der Waals surface area contributed by atoms with Crippen LogP contribution in [0.3, 0.4) is 0 Å². The third-order valence-electron chi connectivity index (χ3n) is 4.40. The van der Waals surface area contributed by atoms with E-state index in [2.05, 4.69) is 45.8 Å². The maximum atomic E-state index is 5.83. The molecule has 2 aliphatic rings. The van der Waals surface area contributed by atoms with Crippen LogP contribution in [-0.2, 0) is 6.42 Å². The average molecular weight is 283 g/mol. The fraction of sp³-hybridized carbons (Fsp3) is 0.529. The zero-order chi connectivity index (χ0) is 14.1. The Labute approximate surface area is 125 Å². The molecule has 4 heteroatoms. The highest BCUT2D eigenvalue weighted by atomic mass is 16.4. The monoisotopic (exact) mass is 283 g/mol. The van der Waals surface area contributed by atoms with Crippen LogP contribution >= 0.6 is 0 Å². The fourth-order valence-electron chi connectivity index (χ4n) is 2.89. The van der Waals surface area contributed by atoms with Crippen LogP contribution in [0.1, 0.15) is 54.9 Å². The van der Waals surface area contributed by atoms with Crippen LogP contribution < -0.4 is 5.32 Å². The third kappa shape index (κ3) is 3.16. The Kier molecular flexibility index (Phi) is 3.47. The van der Waals surface area contributed by atoms with Gasteiger partial charge in [-0.25, -0.2) is 0 Å². The number of hydrogen-bond acceptors (Lipinski definition) is 4. The minimum absolute atomic E-state index is 0.429. The van der Waals surface area contributed by atoms with Gasteiger partial charge in [-0.15, -0.1) is 10.2 Å². The van der Waals surface area contributed by atoms with E-state index >= 15 is 0 Å². The highest BCUT2D eigenvalue weighted by molar-refractivity contribution is 5.30. The van der Waals surface area contributed by atoms with Gasteiger partial charge in [0, 0.05) is 18.4 Å². The number of nitrogens with zero attached hydrogens (tertiary/aromatic N) is 2. The molecule has 21 heavy (non-hydrogen) atoms. The third-order valence-corrected chi connectivity index (χ3v) is 4.40. The first-order valence-corrected chi connectivity index (χ1v) is 8.01. The van der Waals surface area contributed by atoms with Gasteiger partial charge in [-0.2, -0.15) is 0 Å². The maximum Gasteiger partial charge on any atom is 0.220 e. The Morgan fingerprint density at radius 3 is 2.76 bits per heavy atom. The highest BCUT2D eigenvalue weighted by Crippen LogP contribution is 2.54. The van der Waals surface area contributed by atoms with Gasteiger partial charge in [0.15, 0.2) is 0 Å². The molecule has 0 amide bonds. The van der Waals surface area contributed by atoms with Gasteiger partial charge in [0.2, 0.25) is 11.8 Å². The van der Waals surface area contributed by atoms with Crippen LogP contribution in [0, 0.1) is 0 Å². The number of rotatable bonds is 7. The van der Waals surface area contributed by atoms with Crippen LogP contribution in [-0.4, -0.2) is 22.8 Å². The molecule has 4 nitrogen and oxygen atoms in total. The lowest BCUT2D eigenvalue weighted by Gasteiger charge is -1.99. The Morgan fingerprint density at radius 2 is 1.95 bits per heavy atom. The molecule has 1 heterocycles. The fourth-order valence-corrected chi connectivity index (χ4v) is 2.89. The SMILES string of the molecule is c1ccc(C2CC2c2nnc(CCCNC3CC3)o2)cc1. The van der Waals surface area contributed by atoms with E-state index in [0.717, 1.165) is 43.6 Å². The molecule has 1 aromatic carbocycles. The summed E-state index contributed by atoms with van der Waals surface area (Å²) >= 11 is 0. The Morgan fingerprint density at radius 1 is 1.10 bits per heavy atom. The van der Waals surface area contributed by atoms with Crippen molar-refractivity contribution >= 4 is 0 Å². The Bertz CT molecular complexity index is 591. The summed E-state index contributed by atoms with van der Waals surface area (Å²) in [6.07, 6.45) is 5.77. The van der Waals surface area contributed by atoms with Gasteiger partial charge in [0.25, 0.3) is 0 Å². The molecule has 4 rings (SSSR count). The molecule has 2 fully saturated rings. The van der Waals surface area contributed by atoms with Gasteiger partial charge in [-0.05, 0) is 43.7 Å². The standard InChI is InChI=1S/C17H21N3O/c1-2-5-12(6-3-1)14-11-15(14)17-20-19-16(21-17)7-4-10-18-13-8-9-13/h1-3,5-6,13-15,18H,4,7-11H2. The predicted molar refractivity (Wildman–Crippen MR) is 80.2 cm³/mol. The zero-order valence-corrected chi connectivity index (χ0v) is 12.2. The van der Waals surface area contributed by atoms with Crippen molar-refractivity contribution in [1.82, 2.24) is 15.5 Å². The van der Waals surface area contributed by atoms with Crippen molar-refractivity contribution in [3.05, 3.63) is 47.7 Å². The van der Waals surface area contributed by atoms with Crippen LogP contribution in [0.15, 0.2) is 34.7 Å². The first kappa shape index (κ1) is 13.0. The smallest absolute Gasteiger partial charge is 0.220 e. The second kappa shape index (κ2) is 5.60. The van der Waals surface area contributed by atoms with Crippen molar-refractivity contribution in [1.29, 1.82) is 0 Å². The largest absolute Gasteiger partial charge is 0.425 e. The minimum atomic E-state index is 0.429. The predicted octanol–water partition coefficient (Wildman–Crippen LogP) is 3.03. The number of aromatic nitrogens is 2. The number of nitrogens with one attached hydrogen (secondary N) is 1. The lowest BCUT2D eigenvalue weighted by Crippen LogP contribution is -2.17.